The Morgan fingerprint density at radius 3 is 2.38 bits per heavy atom. The zero-order chi connectivity index (χ0) is 23.7. The van der Waals surface area contributed by atoms with Gasteiger partial charge in [-0.2, -0.15) is 5.10 Å². The molecule has 8 nitrogen and oxygen atoms in total. The predicted octanol–water partition coefficient (Wildman–Crippen LogP) is 3.08. The summed E-state index contributed by atoms with van der Waals surface area (Å²) in [4.78, 5) is 25.0. The molecule has 0 aliphatic rings. The number of aromatic nitrogens is 2. The van der Waals surface area contributed by atoms with Gasteiger partial charge in [0.15, 0.2) is 9.84 Å². The third kappa shape index (κ3) is 5.02. The van der Waals surface area contributed by atoms with E-state index < -0.39 is 39.0 Å². The minimum atomic E-state index is -4.90. The summed E-state index contributed by atoms with van der Waals surface area (Å²) in [5, 5.41) is 3.66. The first-order valence-corrected chi connectivity index (χ1v) is 11.2. The largest absolute Gasteiger partial charge is 0.573 e. The van der Waals surface area contributed by atoms with Crippen LogP contribution in [0.25, 0.3) is 16.6 Å². The van der Waals surface area contributed by atoms with Gasteiger partial charge < -0.3 is 9.47 Å². The molecule has 32 heavy (non-hydrogen) atoms. The van der Waals surface area contributed by atoms with Crippen LogP contribution in [-0.4, -0.2) is 49.3 Å². The molecule has 0 saturated carbocycles. The van der Waals surface area contributed by atoms with Crippen molar-refractivity contribution in [3.63, 3.8) is 0 Å². The van der Waals surface area contributed by atoms with Gasteiger partial charge in [0.25, 0.3) is 0 Å². The van der Waals surface area contributed by atoms with Crippen LogP contribution in [-0.2, 0) is 14.6 Å². The Bertz CT molecular complexity index is 1340. The van der Waals surface area contributed by atoms with Crippen LogP contribution < -0.4 is 10.2 Å². The van der Waals surface area contributed by atoms with E-state index in [1.54, 1.807) is 0 Å². The van der Waals surface area contributed by atoms with E-state index in [0.29, 0.717) is 0 Å². The van der Waals surface area contributed by atoms with Crippen LogP contribution in [0.1, 0.15) is 10.5 Å². The second-order valence-electron chi connectivity index (χ2n) is 6.38. The summed E-state index contributed by atoms with van der Waals surface area (Å²) in [6, 6.07) is 8.32. The fourth-order valence-electron chi connectivity index (χ4n) is 2.87. The Morgan fingerprint density at radius 2 is 1.81 bits per heavy atom. The Morgan fingerprint density at radius 1 is 1.16 bits per heavy atom. The van der Waals surface area contributed by atoms with E-state index in [0.717, 1.165) is 23.1 Å². The summed E-state index contributed by atoms with van der Waals surface area (Å²) in [7, 11) is -3.90. The number of sulfone groups is 1. The van der Waals surface area contributed by atoms with Crippen LogP contribution in [0.15, 0.2) is 52.2 Å². The fraction of sp³-hybridized carbons (Fsp3) is 0.211. The zero-order valence-electron chi connectivity index (χ0n) is 16.2. The molecule has 0 atom stereocenters. The van der Waals surface area contributed by atoms with Gasteiger partial charge in [0.1, 0.15) is 12.4 Å². The summed E-state index contributed by atoms with van der Waals surface area (Å²) in [6.45, 7) is -0.225. The first-order valence-electron chi connectivity index (χ1n) is 8.78. The van der Waals surface area contributed by atoms with Gasteiger partial charge in [0.05, 0.1) is 27.4 Å². The van der Waals surface area contributed by atoms with Crippen LogP contribution >= 0.6 is 11.6 Å². The number of carbonyl (C=O) groups is 1. The van der Waals surface area contributed by atoms with Gasteiger partial charge in [-0.3, -0.25) is 4.79 Å². The molecular weight excluding hydrogens is 477 g/mol. The highest BCUT2D eigenvalue weighted by Crippen LogP contribution is 2.26. The number of fused-ring (bicyclic) bond motifs is 1. The molecule has 0 amide bonds. The number of carbonyl (C=O) groups excluding carboxylic acids is 1. The topological polar surface area (TPSA) is 105 Å². The Hall–Kier alpha value is -3.12. The second kappa shape index (κ2) is 8.79. The average Bonchev–Trinajstić information content (AvgIpc) is 2.71. The monoisotopic (exact) mass is 490 g/mol. The average molecular weight is 491 g/mol. The molecule has 3 rings (SSSR count). The maximum absolute atomic E-state index is 13.0. The molecule has 170 valence electrons. The molecular formula is C19H14ClF3N2O6S. The normalized spacial score (nSPS) is 12.0. The molecule has 0 unspecified atom stereocenters. The van der Waals surface area contributed by atoms with Crippen LogP contribution in [0, 0.1) is 0 Å². The third-order valence-corrected chi connectivity index (χ3v) is 5.39. The zero-order valence-corrected chi connectivity index (χ0v) is 17.8. The Labute approximate surface area is 184 Å². The number of halogens is 4. The summed E-state index contributed by atoms with van der Waals surface area (Å²) < 4.78 is 71.5. The smallest absolute Gasteiger partial charge is 0.460 e. The van der Waals surface area contributed by atoms with Crippen LogP contribution in [0.4, 0.5) is 13.2 Å². The molecule has 0 spiro atoms. The van der Waals surface area contributed by atoms with Crippen molar-refractivity contribution < 1.29 is 35.9 Å². The van der Waals surface area contributed by atoms with Crippen molar-refractivity contribution in [2.24, 2.45) is 0 Å². The van der Waals surface area contributed by atoms with E-state index in [1.807, 2.05) is 0 Å². The molecule has 1 aromatic heterocycles. The molecule has 0 N–H and O–H groups in total. The van der Waals surface area contributed by atoms with Crippen molar-refractivity contribution in [3.05, 3.63) is 58.4 Å². The maximum atomic E-state index is 13.0. The molecule has 3 aromatic rings. The highest BCUT2D eigenvalue weighted by Gasteiger charge is 2.31. The molecule has 0 aliphatic heterocycles. The highest BCUT2D eigenvalue weighted by atomic mass is 35.5. The van der Waals surface area contributed by atoms with Gasteiger partial charge >= 0.3 is 12.3 Å². The molecule has 0 bridgehead atoms. The molecule has 0 saturated heterocycles. The van der Waals surface area contributed by atoms with Gasteiger partial charge in [-0.15, -0.1) is 24.8 Å². The number of ether oxygens (including phenoxy) is 2. The number of benzene rings is 2. The quantitative estimate of drug-likeness (QED) is 0.386. The summed E-state index contributed by atoms with van der Waals surface area (Å²) in [6.07, 6.45) is -4.01. The summed E-state index contributed by atoms with van der Waals surface area (Å²) in [5.41, 5.74) is -1.55. The van der Waals surface area contributed by atoms with Crippen molar-refractivity contribution in [2.75, 3.05) is 18.7 Å². The maximum Gasteiger partial charge on any atom is 0.573 e. The number of esters is 1. The minimum Gasteiger partial charge on any atom is -0.460 e. The second-order valence-corrected chi connectivity index (χ2v) is 8.74. The van der Waals surface area contributed by atoms with Crippen molar-refractivity contribution in [1.29, 1.82) is 0 Å². The number of alkyl halides is 4. The molecule has 0 fully saturated rings. The number of hydrogen-bond acceptors (Lipinski definition) is 7. The van der Waals surface area contributed by atoms with Gasteiger partial charge in [0.2, 0.25) is 11.1 Å². The van der Waals surface area contributed by atoms with E-state index in [9.17, 15) is 31.2 Å². The van der Waals surface area contributed by atoms with Crippen LogP contribution in [0.3, 0.4) is 0 Å². The highest BCUT2D eigenvalue weighted by molar-refractivity contribution is 7.91. The van der Waals surface area contributed by atoms with E-state index in [1.165, 1.54) is 30.3 Å². The van der Waals surface area contributed by atoms with Gasteiger partial charge in [-0.05, 0) is 36.4 Å². The van der Waals surface area contributed by atoms with Crippen LogP contribution in [0.5, 0.6) is 5.75 Å². The lowest BCUT2D eigenvalue weighted by Gasteiger charge is -2.14. The third-order valence-electron chi connectivity index (χ3n) is 4.09. The molecule has 0 radical (unpaired) electrons. The van der Waals surface area contributed by atoms with E-state index in [2.05, 4.69) is 9.84 Å². The number of hydrogen-bond donors (Lipinski definition) is 0. The summed E-state index contributed by atoms with van der Waals surface area (Å²) >= 11 is 5.49. The van der Waals surface area contributed by atoms with Crippen molar-refractivity contribution in [1.82, 2.24) is 9.78 Å². The van der Waals surface area contributed by atoms with Crippen molar-refractivity contribution in [3.8, 4) is 11.4 Å². The van der Waals surface area contributed by atoms with E-state index in [-0.39, 0.29) is 34.0 Å². The standard InChI is InChI=1S/C19H14ClF3N2O6S/c1-32(28,29)14-4-2-3-13-15(14)17(26)16(18(27)30-10-9-20)24-25(13)11-5-7-12(8-6-11)31-19(21,22)23/h2-8H,9-10H2,1H3. The van der Waals surface area contributed by atoms with E-state index in [4.69, 9.17) is 16.3 Å². The van der Waals surface area contributed by atoms with Gasteiger partial charge in [-0.1, -0.05) is 6.07 Å². The first-order chi connectivity index (χ1) is 14.9. The summed E-state index contributed by atoms with van der Waals surface area (Å²) in [5.74, 6) is -1.69. The van der Waals surface area contributed by atoms with E-state index >= 15 is 0 Å². The SMILES string of the molecule is CS(=O)(=O)c1cccc2c1c(=O)c(C(=O)OCCCl)nn2-c1ccc(OC(F)(F)F)cc1. The minimum absolute atomic E-state index is 0.0105. The Balaban J connectivity index is 2.29. The van der Waals surface area contributed by atoms with Crippen LogP contribution in [0.2, 0.25) is 0 Å². The molecule has 1 heterocycles. The number of rotatable bonds is 6. The molecule has 0 aliphatic carbocycles. The molecule has 13 heteroatoms. The lowest BCUT2D eigenvalue weighted by Crippen LogP contribution is -2.25. The van der Waals surface area contributed by atoms with Gasteiger partial charge in [-0.25, -0.2) is 17.9 Å². The lowest BCUT2D eigenvalue weighted by atomic mass is 10.2. The lowest BCUT2D eigenvalue weighted by molar-refractivity contribution is -0.274. The first kappa shape index (κ1) is 23.5. The van der Waals surface area contributed by atoms with Gasteiger partial charge in [0, 0.05) is 6.26 Å². The van der Waals surface area contributed by atoms with Crippen molar-refractivity contribution in [2.45, 2.75) is 11.3 Å². The Kier molecular flexibility index (Phi) is 6.46. The fourth-order valence-corrected chi connectivity index (χ4v) is 3.84. The molecule has 2 aromatic carbocycles. The van der Waals surface area contributed by atoms with Crippen molar-refractivity contribution >= 4 is 38.3 Å². The predicted molar refractivity (Wildman–Crippen MR) is 108 cm³/mol. The number of nitrogens with zero attached hydrogens (tertiary/aromatic N) is 2.